The molecule has 9 heteroatoms. The molecule has 1 fully saturated rings. The molecule has 0 aromatic carbocycles. The molecule has 2 rings (SSSR count). The summed E-state index contributed by atoms with van der Waals surface area (Å²) >= 11 is 5.74. The second-order valence-corrected chi connectivity index (χ2v) is 4.65. The lowest BCUT2D eigenvalue weighted by Crippen LogP contribution is -2.31. The smallest absolute Gasteiger partial charge is 0.278 e. The van der Waals surface area contributed by atoms with Gasteiger partial charge < -0.3 is 14.5 Å². The highest BCUT2D eigenvalue weighted by molar-refractivity contribution is 6.29. The summed E-state index contributed by atoms with van der Waals surface area (Å²) in [5.74, 6) is 0.267. The van der Waals surface area contributed by atoms with Crippen LogP contribution in [-0.4, -0.2) is 46.0 Å². The van der Waals surface area contributed by atoms with Gasteiger partial charge in [0.1, 0.15) is 10.3 Å². The fraction of sp³-hybridized carbons (Fsp3) is 0.333. The molecule has 0 spiro atoms. The van der Waals surface area contributed by atoms with Gasteiger partial charge in [-0.1, -0.05) is 17.7 Å². The fourth-order valence-corrected chi connectivity index (χ4v) is 2.06. The molecule has 0 saturated carbocycles. The van der Waals surface area contributed by atoms with Crippen LogP contribution in [0.25, 0.3) is 0 Å². The zero-order valence-corrected chi connectivity index (χ0v) is 12.1. The summed E-state index contributed by atoms with van der Waals surface area (Å²) in [6.45, 7) is 1.67. The lowest BCUT2D eigenvalue weighted by Gasteiger charge is -2.18. The molecule has 0 N–H and O–H groups in total. The van der Waals surface area contributed by atoms with Gasteiger partial charge >= 0.3 is 0 Å². The molecule has 0 aliphatic carbocycles. The van der Waals surface area contributed by atoms with Gasteiger partial charge in [0.2, 0.25) is 0 Å². The lowest BCUT2D eigenvalue weighted by molar-refractivity contribution is -0.486. The zero-order chi connectivity index (χ0) is 15.2. The van der Waals surface area contributed by atoms with Crippen LogP contribution in [0.2, 0.25) is 5.15 Å². The summed E-state index contributed by atoms with van der Waals surface area (Å²) in [4.78, 5) is 18.2. The number of hydrogen-bond donors (Lipinski definition) is 0. The highest BCUT2D eigenvalue weighted by Gasteiger charge is 2.28. The Bertz CT molecular complexity index is 561. The zero-order valence-electron chi connectivity index (χ0n) is 11.3. The van der Waals surface area contributed by atoms with Crippen molar-refractivity contribution in [2.45, 2.75) is 6.54 Å². The van der Waals surface area contributed by atoms with Crippen LogP contribution in [0.5, 0.6) is 0 Å². The van der Waals surface area contributed by atoms with Crippen molar-refractivity contribution in [3.8, 4) is 0 Å². The first-order chi connectivity index (χ1) is 10.1. The van der Waals surface area contributed by atoms with Crippen molar-refractivity contribution in [1.82, 2.24) is 14.8 Å². The molecule has 0 radical (unpaired) electrons. The maximum atomic E-state index is 10.7. The molecule has 2 heterocycles. The molecule has 1 aliphatic heterocycles. The van der Waals surface area contributed by atoms with Crippen molar-refractivity contribution in [3.63, 3.8) is 0 Å². The van der Waals surface area contributed by atoms with E-state index in [1.807, 2.05) is 6.07 Å². The Morgan fingerprint density at radius 1 is 1.57 bits per heavy atom. The maximum Gasteiger partial charge on any atom is 0.278 e. The third-order valence-corrected chi connectivity index (χ3v) is 3.08. The predicted molar refractivity (Wildman–Crippen MR) is 76.9 cm³/mol. The fourth-order valence-electron chi connectivity index (χ4n) is 1.95. The normalized spacial score (nSPS) is 17.0. The van der Waals surface area contributed by atoms with Crippen molar-refractivity contribution >= 4 is 17.6 Å². The van der Waals surface area contributed by atoms with Gasteiger partial charge in [-0.05, 0) is 11.6 Å². The first kappa shape index (κ1) is 15.0. The second kappa shape index (κ2) is 6.89. The van der Waals surface area contributed by atoms with Gasteiger partial charge in [0, 0.05) is 32.0 Å². The quantitative estimate of drug-likeness (QED) is 0.355. The molecule has 1 saturated heterocycles. The topological polar surface area (TPSA) is 84.1 Å². The Morgan fingerprint density at radius 3 is 3.00 bits per heavy atom. The van der Waals surface area contributed by atoms with Crippen LogP contribution < -0.4 is 0 Å². The second-order valence-electron chi connectivity index (χ2n) is 4.26. The maximum absolute atomic E-state index is 10.7. The molecule has 0 atom stereocenters. The number of methoxy groups -OCH3 is 1. The van der Waals surface area contributed by atoms with E-state index in [9.17, 15) is 10.1 Å². The third kappa shape index (κ3) is 4.06. The minimum atomic E-state index is -0.707. The van der Waals surface area contributed by atoms with Crippen molar-refractivity contribution < 1.29 is 9.77 Å². The monoisotopic (exact) mass is 311 g/mol. The SMILES string of the molecule is CO/C=C\N1CCN(Cc2ccc(Cl)nc2)C1=N[N+](=O)[O-]. The van der Waals surface area contributed by atoms with Crippen LogP contribution in [0.4, 0.5) is 0 Å². The highest BCUT2D eigenvalue weighted by Crippen LogP contribution is 2.15. The van der Waals surface area contributed by atoms with Gasteiger partial charge in [-0.2, -0.15) is 0 Å². The number of aromatic nitrogens is 1. The Morgan fingerprint density at radius 2 is 2.38 bits per heavy atom. The van der Waals surface area contributed by atoms with E-state index >= 15 is 0 Å². The molecule has 21 heavy (non-hydrogen) atoms. The third-order valence-electron chi connectivity index (χ3n) is 2.86. The van der Waals surface area contributed by atoms with Crippen LogP contribution in [-0.2, 0) is 11.3 Å². The molecule has 0 unspecified atom stereocenters. The van der Waals surface area contributed by atoms with Gasteiger partial charge in [0.15, 0.2) is 5.03 Å². The largest absolute Gasteiger partial charge is 0.503 e. The van der Waals surface area contributed by atoms with Gasteiger partial charge in [-0.25, -0.2) is 15.1 Å². The average molecular weight is 312 g/mol. The van der Waals surface area contributed by atoms with Crippen molar-refractivity contribution in [2.24, 2.45) is 5.10 Å². The van der Waals surface area contributed by atoms with Gasteiger partial charge in [0.05, 0.1) is 13.4 Å². The van der Waals surface area contributed by atoms with E-state index in [1.54, 1.807) is 28.3 Å². The van der Waals surface area contributed by atoms with Crippen molar-refractivity contribution in [3.05, 3.63) is 51.6 Å². The van der Waals surface area contributed by atoms with Gasteiger partial charge in [-0.15, -0.1) is 0 Å². The van der Waals surface area contributed by atoms with E-state index in [0.717, 1.165) is 5.56 Å². The van der Waals surface area contributed by atoms with E-state index in [0.29, 0.717) is 24.8 Å². The van der Waals surface area contributed by atoms with E-state index in [2.05, 4.69) is 10.1 Å². The number of halogens is 1. The Labute approximate surface area is 126 Å². The molecule has 1 aromatic rings. The number of ether oxygens (including phenoxy) is 1. The first-order valence-electron chi connectivity index (χ1n) is 6.14. The predicted octanol–water partition coefficient (Wildman–Crippen LogP) is 1.52. The summed E-state index contributed by atoms with van der Waals surface area (Å²) < 4.78 is 4.83. The number of nitro groups is 1. The summed E-state index contributed by atoms with van der Waals surface area (Å²) in [5, 5.41) is 13.8. The van der Waals surface area contributed by atoms with E-state index < -0.39 is 5.03 Å². The number of pyridine rings is 1. The molecule has 0 amide bonds. The van der Waals surface area contributed by atoms with Crippen molar-refractivity contribution in [2.75, 3.05) is 20.2 Å². The molecular formula is C12H14ClN5O3. The highest BCUT2D eigenvalue weighted by atomic mass is 35.5. The van der Waals surface area contributed by atoms with Crippen LogP contribution in [0.15, 0.2) is 35.9 Å². The standard InChI is InChI=1S/C12H14ClN5O3/c1-21-7-6-16-4-5-17(12(16)15-18(19)20)9-10-2-3-11(13)14-8-10/h2-3,6-8H,4-5,9H2,1H3/b7-6-,15-12?. The average Bonchev–Trinajstić information content (AvgIpc) is 2.81. The van der Waals surface area contributed by atoms with Crippen LogP contribution in [0, 0.1) is 10.1 Å². The van der Waals surface area contributed by atoms with Crippen molar-refractivity contribution in [1.29, 1.82) is 0 Å². The summed E-state index contributed by atoms with van der Waals surface area (Å²) in [6.07, 6.45) is 4.70. The number of hydrazone groups is 1. The minimum absolute atomic E-state index is 0.267. The van der Waals surface area contributed by atoms with Crippen LogP contribution in [0.1, 0.15) is 5.56 Å². The number of nitrogens with zero attached hydrogens (tertiary/aromatic N) is 5. The van der Waals surface area contributed by atoms with Crippen LogP contribution in [0.3, 0.4) is 0 Å². The minimum Gasteiger partial charge on any atom is -0.503 e. The molecule has 8 nitrogen and oxygen atoms in total. The summed E-state index contributed by atoms with van der Waals surface area (Å²) in [5.41, 5.74) is 0.896. The molecule has 112 valence electrons. The number of rotatable bonds is 5. The lowest BCUT2D eigenvalue weighted by atomic mass is 10.3. The molecule has 1 aliphatic rings. The Balaban J connectivity index is 2.16. The molecule has 0 bridgehead atoms. The number of guanidine groups is 1. The Kier molecular flexibility index (Phi) is 4.94. The Hall–Kier alpha value is -2.35. The van der Waals surface area contributed by atoms with Gasteiger partial charge in [-0.3, -0.25) is 0 Å². The van der Waals surface area contributed by atoms with E-state index in [4.69, 9.17) is 16.3 Å². The van der Waals surface area contributed by atoms with E-state index in [1.165, 1.54) is 13.4 Å². The van der Waals surface area contributed by atoms with Crippen LogP contribution >= 0.6 is 11.6 Å². The summed E-state index contributed by atoms with van der Waals surface area (Å²) in [6, 6.07) is 3.51. The summed E-state index contributed by atoms with van der Waals surface area (Å²) in [7, 11) is 1.51. The van der Waals surface area contributed by atoms with Gasteiger partial charge in [0.25, 0.3) is 5.96 Å². The first-order valence-corrected chi connectivity index (χ1v) is 6.52. The van der Waals surface area contributed by atoms with E-state index in [-0.39, 0.29) is 5.96 Å². The molecular weight excluding hydrogens is 298 g/mol. The number of hydrogen-bond acceptors (Lipinski definition) is 4. The molecule has 1 aromatic heterocycles.